The molecule has 0 radical (unpaired) electrons. The lowest BCUT2D eigenvalue weighted by molar-refractivity contribution is -0.122. The number of methoxy groups -OCH3 is 2. The molecule has 1 aliphatic carbocycles. The van der Waals surface area contributed by atoms with Crippen molar-refractivity contribution < 1.29 is 19.1 Å². The van der Waals surface area contributed by atoms with Crippen LogP contribution in [0.25, 0.3) is 0 Å². The van der Waals surface area contributed by atoms with E-state index in [2.05, 4.69) is 16.9 Å². The highest BCUT2D eigenvalue weighted by Crippen LogP contribution is 2.22. The molecule has 0 saturated carbocycles. The SMILES string of the molecule is COc1cc(OC)cc(C(=O)NNC(=O)C[C@H]2C=CCC2)c1. The molecule has 2 rings (SSSR count). The second-order valence-corrected chi connectivity index (χ2v) is 5.07. The fourth-order valence-electron chi connectivity index (χ4n) is 2.29. The number of carbonyl (C=O) groups is 2. The number of rotatable bonds is 5. The van der Waals surface area contributed by atoms with Crippen molar-refractivity contribution in [3.05, 3.63) is 35.9 Å². The maximum atomic E-state index is 12.1. The number of allylic oxidation sites excluding steroid dienone is 2. The number of carbonyl (C=O) groups excluding carboxylic acids is 2. The Morgan fingerprint density at radius 3 is 2.36 bits per heavy atom. The molecule has 118 valence electrons. The van der Waals surface area contributed by atoms with Crippen LogP contribution in [0, 0.1) is 5.92 Å². The Morgan fingerprint density at radius 1 is 1.14 bits per heavy atom. The van der Waals surface area contributed by atoms with Crippen LogP contribution in [0.3, 0.4) is 0 Å². The highest BCUT2D eigenvalue weighted by atomic mass is 16.5. The van der Waals surface area contributed by atoms with Gasteiger partial charge < -0.3 is 9.47 Å². The first-order valence-electron chi connectivity index (χ1n) is 7.11. The smallest absolute Gasteiger partial charge is 0.269 e. The van der Waals surface area contributed by atoms with E-state index in [9.17, 15) is 9.59 Å². The molecule has 2 N–H and O–H groups in total. The summed E-state index contributed by atoms with van der Waals surface area (Å²) in [7, 11) is 3.01. The van der Waals surface area contributed by atoms with Crippen molar-refractivity contribution in [3.63, 3.8) is 0 Å². The zero-order valence-electron chi connectivity index (χ0n) is 12.7. The van der Waals surface area contributed by atoms with Gasteiger partial charge in [-0.15, -0.1) is 0 Å². The standard InChI is InChI=1S/C16H20N2O4/c1-21-13-8-12(9-14(10-13)22-2)16(20)18-17-15(19)7-11-5-3-4-6-11/h3,5,8-11H,4,6-7H2,1-2H3,(H,17,19)(H,18,20)/t11-/m0/s1. The van der Waals surface area contributed by atoms with Crippen LogP contribution in [-0.2, 0) is 4.79 Å². The molecule has 0 saturated heterocycles. The molecule has 1 aromatic rings. The zero-order valence-corrected chi connectivity index (χ0v) is 12.7. The Balaban J connectivity index is 1.91. The second kappa shape index (κ2) is 7.49. The first kappa shape index (κ1) is 15.9. The van der Waals surface area contributed by atoms with E-state index in [0.29, 0.717) is 23.5 Å². The number of ether oxygens (including phenoxy) is 2. The van der Waals surface area contributed by atoms with Crippen molar-refractivity contribution >= 4 is 11.8 Å². The molecular weight excluding hydrogens is 284 g/mol. The molecular formula is C16H20N2O4. The zero-order chi connectivity index (χ0) is 15.9. The molecule has 0 fully saturated rings. The predicted molar refractivity (Wildman–Crippen MR) is 81.6 cm³/mol. The normalized spacial score (nSPS) is 16.2. The third-order valence-corrected chi connectivity index (χ3v) is 3.49. The monoisotopic (exact) mass is 304 g/mol. The highest BCUT2D eigenvalue weighted by Gasteiger charge is 2.15. The molecule has 1 atom stereocenters. The van der Waals surface area contributed by atoms with Gasteiger partial charge in [0.1, 0.15) is 11.5 Å². The van der Waals surface area contributed by atoms with Gasteiger partial charge in [0.05, 0.1) is 14.2 Å². The summed E-state index contributed by atoms with van der Waals surface area (Å²) in [6.45, 7) is 0. The van der Waals surface area contributed by atoms with E-state index in [1.165, 1.54) is 14.2 Å². The average Bonchev–Trinajstić information content (AvgIpc) is 3.04. The lowest BCUT2D eigenvalue weighted by Crippen LogP contribution is -2.42. The van der Waals surface area contributed by atoms with Crippen molar-refractivity contribution in [2.24, 2.45) is 5.92 Å². The molecule has 0 bridgehead atoms. The predicted octanol–water partition coefficient (Wildman–Crippen LogP) is 1.82. The van der Waals surface area contributed by atoms with Gasteiger partial charge in [0.2, 0.25) is 5.91 Å². The minimum Gasteiger partial charge on any atom is -0.497 e. The van der Waals surface area contributed by atoms with Crippen LogP contribution < -0.4 is 20.3 Å². The van der Waals surface area contributed by atoms with E-state index in [1.54, 1.807) is 18.2 Å². The molecule has 0 aromatic heterocycles. The molecule has 2 amide bonds. The van der Waals surface area contributed by atoms with Gasteiger partial charge in [-0.2, -0.15) is 0 Å². The van der Waals surface area contributed by atoms with E-state index in [-0.39, 0.29) is 11.8 Å². The second-order valence-electron chi connectivity index (χ2n) is 5.07. The van der Waals surface area contributed by atoms with Crippen LogP contribution in [-0.4, -0.2) is 26.0 Å². The summed E-state index contributed by atoms with van der Waals surface area (Å²) < 4.78 is 10.2. The van der Waals surface area contributed by atoms with Crippen molar-refractivity contribution in [1.29, 1.82) is 0 Å². The third kappa shape index (κ3) is 4.25. The number of hydrogen-bond donors (Lipinski definition) is 2. The van der Waals surface area contributed by atoms with Gasteiger partial charge in [-0.1, -0.05) is 12.2 Å². The number of hydrazine groups is 1. The molecule has 6 heteroatoms. The van der Waals surface area contributed by atoms with Crippen molar-refractivity contribution in [3.8, 4) is 11.5 Å². The Bertz CT molecular complexity index is 561. The van der Waals surface area contributed by atoms with Gasteiger partial charge in [-0.05, 0) is 30.9 Å². The topological polar surface area (TPSA) is 76.7 Å². The fraction of sp³-hybridized carbons (Fsp3) is 0.375. The maximum Gasteiger partial charge on any atom is 0.269 e. The Kier molecular flexibility index (Phi) is 5.41. The highest BCUT2D eigenvalue weighted by molar-refractivity contribution is 5.96. The van der Waals surface area contributed by atoms with Crippen LogP contribution in [0.4, 0.5) is 0 Å². The summed E-state index contributed by atoms with van der Waals surface area (Å²) in [6.07, 6.45) is 6.47. The molecule has 1 aliphatic rings. The molecule has 0 heterocycles. The fourth-order valence-corrected chi connectivity index (χ4v) is 2.29. The molecule has 0 unspecified atom stereocenters. The Labute approximate surface area is 129 Å². The number of hydrogen-bond acceptors (Lipinski definition) is 4. The van der Waals surface area contributed by atoms with Gasteiger partial charge in [-0.25, -0.2) is 0 Å². The quantitative estimate of drug-likeness (QED) is 0.642. The largest absolute Gasteiger partial charge is 0.497 e. The van der Waals surface area contributed by atoms with Crippen molar-refractivity contribution in [1.82, 2.24) is 10.9 Å². The van der Waals surface area contributed by atoms with E-state index in [4.69, 9.17) is 9.47 Å². The van der Waals surface area contributed by atoms with Crippen molar-refractivity contribution in [2.45, 2.75) is 19.3 Å². The minimum absolute atomic E-state index is 0.209. The van der Waals surface area contributed by atoms with Crippen LogP contribution in [0.15, 0.2) is 30.4 Å². The molecule has 1 aromatic carbocycles. The minimum atomic E-state index is -0.424. The Hall–Kier alpha value is -2.50. The summed E-state index contributed by atoms with van der Waals surface area (Å²) in [5, 5.41) is 0. The van der Waals surface area contributed by atoms with Gasteiger partial charge in [-0.3, -0.25) is 20.4 Å². The molecule has 0 aliphatic heterocycles. The molecule has 0 spiro atoms. The molecule has 22 heavy (non-hydrogen) atoms. The van der Waals surface area contributed by atoms with E-state index < -0.39 is 5.91 Å². The number of amides is 2. The van der Waals surface area contributed by atoms with E-state index in [0.717, 1.165) is 12.8 Å². The van der Waals surface area contributed by atoms with E-state index >= 15 is 0 Å². The average molecular weight is 304 g/mol. The number of benzene rings is 1. The lowest BCUT2D eigenvalue weighted by Gasteiger charge is -2.11. The van der Waals surface area contributed by atoms with Crippen LogP contribution in [0.1, 0.15) is 29.6 Å². The van der Waals surface area contributed by atoms with Crippen molar-refractivity contribution in [2.75, 3.05) is 14.2 Å². The van der Waals surface area contributed by atoms with E-state index in [1.807, 2.05) is 6.08 Å². The Morgan fingerprint density at radius 2 is 1.82 bits per heavy atom. The van der Waals surface area contributed by atoms with Gasteiger partial charge in [0, 0.05) is 18.1 Å². The number of nitrogens with one attached hydrogen (secondary N) is 2. The lowest BCUT2D eigenvalue weighted by atomic mass is 10.1. The first-order valence-corrected chi connectivity index (χ1v) is 7.11. The van der Waals surface area contributed by atoms with Gasteiger partial charge in [0.15, 0.2) is 0 Å². The third-order valence-electron chi connectivity index (χ3n) is 3.49. The summed E-state index contributed by atoms with van der Waals surface area (Å²) in [5.41, 5.74) is 5.18. The van der Waals surface area contributed by atoms with Crippen LogP contribution >= 0.6 is 0 Å². The maximum absolute atomic E-state index is 12.1. The van der Waals surface area contributed by atoms with Crippen LogP contribution in [0.5, 0.6) is 11.5 Å². The summed E-state index contributed by atoms with van der Waals surface area (Å²) >= 11 is 0. The van der Waals surface area contributed by atoms with Gasteiger partial charge in [0.25, 0.3) is 5.91 Å². The first-order chi connectivity index (χ1) is 10.6. The summed E-state index contributed by atoms with van der Waals surface area (Å²) in [6, 6.07) is 4.81. The van der Waals surface area contributed by atoms with Crippen LogP contribution in [0.2, 0.25) is 0 Å². The summed E-state index contributed by atoms with van der Waals surface area (Å²) in [4.78, 5) is 23.8. The molecule has 6 nitrogen and oxygen atoms in total. The summed E-state index contributed by atoms with van der Waals surface area (Å²) in [5.74, 6) is 0.639. The van der Waals surface area contributed by atoms with Gasteiger partial charge >= 0.3 is 0 Å².